The van der Waals surface area contributed by atoms with Gasteiger partial charge in [0.05, 0.1) is 6.61 Å². The molecular weight excluding hydrogens is 182 g/mol. The number of halogens is 1. The molecule has 0 radical (unpaired) electrons. The fraction of sp³-hybridized carbons (Fsp3) is 0.857. The van der Waals surface area contributed by atoms with Crippen LogP contribution in [0.5, 0.6) is 0 Å². The second-order valence-corrected chi connectivity index (χ2v) is 2.69. The molecule has 0 aromatic carbocycles. The van der Waals surface area contributed by atoms with Crippen molar-refractivity contribution in [2.45, 2.75) is 6.42 Å². The van der Waals surface area contributed by atoms with Crippen LogP contribution >= 0.6 is 11.6 Å². The van der Waals surface area contributed by atoms with Gasteiger partial charge in [0.2, 0.25) is 0 Å². The summed E-state index contributed by atoms with van der Waals surface area (Å²) in [5.41, 5.74) is 0. The molecule has 0 N–H and O–H groups in total. The van der Waals surface area contributed by atoms with E-state index >= 15 is 0 Å². The lowest BCUT2D eigenvalue weighted by molar-refractivity contribution is 0.109. The highest BCUT2D eigenvalue weighted by Crippen LogP contribution is 2.01. The smallest absolute Gasteiger partial charge is 0.411 e. The number of nitrogens with zero attached hydrogens (tertiary/aromatic N) is 1. The molecule has 70 valence electrons. The quantitative estimate of drug-likeness (QED) is 0.585. The Kier molecular flexibility index (Phi) is 4.18. The van der Waals surface area contributed by atoms with E-state index in [0.29, 0.717) is 26.3 Å². The maximum Gasteiger partial charge on any atom is 0.411 e. The summed E-state index contributed by atoms with van der Waals surface area (Å²) >= 11 is 5.26. The summed E-state index contributed by atoms with van der Waals surface area (Å²) in [5.74, 6) is 0. The van der Waals surface area contributed by atoms with Gasteiger partial charge >= 0.3 is 6.09 Å². The van der Waals surface area contributed by atoms with Gasteiger partial charge in [0.25, 0.3) is 0 Å². The maximum atomic E-state index is 11.1. The molecule has 0 aromatic rings. The van der Waals surface area contributed by atoms with Crippen molar-refractivity contribution in [2.24, 2.45) is 0 Å². The average Bonchev–Trinajstić information content (AvgIpc) is 2.32. The van der Waals surface area contributed by atoms with Gasteiger partial charge in [-0.2, -0.15) is 0 Å². The fourth-order valence-corrected chi connectivity index (χ4v) is 1.16. The average molecular weight is 194 g/mol. The summed E-state index contributed by atoms with van der Waals surface area (Å²) in [7, 11) is 0. The van der Waals surface area contributed by atoms with Crippen molar-refractivity contribution in [2.75, 3.05) is 32.4 Å². The van der Waals surface area contributed by atoms with Crippen LogP contribution in [0.1, 0.15) is 6.42 Å². The van der Waals surface area contributed by atoms with Gasteiger partial charge in [-0.3, -0.25) is 0 Å². The molecule has 1 saturated heterocycles. The van der Waals surface area contributed by atoms with E-state index in [-0.39, 0.29) is 12.2 Å². The van der Waals surface area contributed by atoms with E-state index in [0.717, 1.165) is 6.42 Å². The Balaban J connectivity index is 2.32. The molecule has 4 nitrogen and oxygen atoms in total. The Labute approximate surface area is 76.4 Å². The molecule has 1 aliphatic rings. The van der Waals surface area contributed by atoms with Gasteiger partial charge in [0.15, 0.2) is 6.07 Å². The van der Waals surface area contributed by atoms with Crippen LogP contribution in [0.2, 0.25) is 0 Å². The largest absolute Gasteiger partial charge is 0.433 e. The third-order valence-electron chi connectivity index (χ3n) is 1.66. The Hall–Kier alpha value is -0.480. The predicted octanol–water partition coefficient (Wildman–Crippen LogP) is 1.04. The molecule has 12 heavy (non-hydrogen) atoms. The molecule has 0 spiro atoms. The molecule has 0 unspecified atom stereocenters. The standard InChI is InChI=1S/C7H12ClNO3/c8-6-12-7(10)9-2-1-4-11-5-3-9/h1-6H2. The van der Waals surface area contributed by atoms with Crippen LogP contribution in [0.15, 0.2) is 0 Å². The monoisotopic (exact) mass is 193 g/mol. The van der Waals surface area contributed by atoms with Crippen molar-refractivity contribution in [1.29, 1.82) is 0 Å². The van der Waals surface area contributed by atoms with Crippen LogP contribution < -0.4 is 0 Å². The second-order valence-electron chi connectivity index (χ2n) is 2.47. The number of carbonyl (C=O) groups excluding carboxylic acids is 1. The molecule has 0 saturated carbocycles. The highest BCUT2D eigenvalue weighted by Gasteiger charge is 2.15. The minimum absolute atomic E-state index is 0.0871. The van der Waals surface area contributed by atoms with Gasteiger partial charge in [-0.1, -0.05) is 11.6 Å². The van der Waals surface area contributed by atoms with Gasteiger partial charge in [0, 0.05) is 19.7 Å². The normalized spacial score (nSPS) is 18.6. The summed E-state index contributed by atoms with van der Waals surface area (Å²) in [6.45, 7) is 2.58. The molecular formula is C7H12ClNO3. The molecule has 5 heteroatoms. The van der Waals surface area contributed by atoms with E-state index in [2.05, 4.69) is 4.74 Å². The van der Waals surface area contributed by atoms with Crippen molar-refractivity contribution >= 4 is 17.7 Å². The number of hydrogen-bond acceptors (Lipinski definition) is 3. The first-order chi connectivity index (χ1) is 5.84. The van der Waals surface area contributed by atoms with Crippen molar-refractivity contribution in [3.05, 3.63) is 0 Å². The van der Waals surface area contributed by atoms with E-state index < -0.39 is 0 Å². The van der Waals surface area contributed by atoms with Gasteiger partial charge in [-0.05, 0) is 6.42 Å². The van der Waals surface area contributed by atoms with Gasteiger partial charge in [0.1, 0.15) is 0 Å². The van der Waals surface area contributed by atoms with Crippen molar-refractivity contribution < 1.29 is 14.3 Å². The van der Waals surface area contributed by atoms with Crippen LogP contribution in [0.4, 0.5) is 4.79 Å². The SMILES string of the molecule is O=C(OCCl)N1CCCOCC1. The van der Waals surface area contributed by atoms with E-state index in [9.17, 15) is 4.79 Å². The Bertz CT molecular complexity index is 146. The molecule has 1 heterocycles. The lowest BCUT2D eigenvalue weighted by Crippen LogP contribution is -2.33. The lowest BCUT2D eigenvalue weighted by Gasteiger charge is -2.17. The number of alkyl halides is 1. The number of ether oxygens (including phenoxy) is 2. The van der Waals surface area contributed by atoms with E-state index in [4.69, 9.17) is 16.3 Å². The summed E-state index contributed by atoms with van der Waals surface area (Å²) in [5, 5.41) is 0. The zero-order valence-corrected chi connectivity index (χ0v) is 7.55. The zero-order chi connectivity index (χ0) is 8.81. The van der Waals surface area contributed by atoms with E-state index in [1.807, 2.05) is 0 Å². The summed E-state index contributed by atoms with van der Waals surface area (Å²) in [6.07, 6.45) is 0.507. The Morgan fingerprint density at radius 3 is 3.08 bits per heavy atom. The Morgan fingerprint density at radius 2 is 2.33 bits per heavy atom. The van der Waals surface area contributed by atoms with Crippen molar-refractivity contribution in [1.82, 2.24) is 4.90 Å². The van der Waals surface area contributed by atoms with Crippen molar-refractivity contribution in [3.63, 3.8) is 0 Å². The summed E-state index contributed by atoms with van der Waals surface area (Å²) in [6, 6.07) is -0.0871. The highest BCUT2D eigenvalue weighted by atomic mass is 35.5. The molecule has 0 aliphatic carbocycles. The van der Waals surface area contributed by atoms with Crippen LogP contribution in [-0.4, -0.2) is 43.4 Å². The minimum atomic E-state index is -0.351. The first-order valence-electron chi connectivity index (χ1n) is 3.90. The maximum absolute atomic E-state index is 11.1. The molecule has 1 rings (SSSR count). The van der Waals surface area contributed by atoms with Crippen molar-refractivity contribution in [3.8, 4) is 0 Å². The third-order valence-corrected chi connectivity index (χ3v) is 1.77. The summed E-state index contributed by atoms with van der Waals surface area (Å²) in [4.78, 5) is 12.7. The Morgan fingerprint density at radius 1 is 1.50 bits per heavy atom. The number of amides is 1. The molecule has 1 amide bonds. The van der Waals surface area contributed by atoms with E-state index in [1.54, 1.807) is 4.90 Å². The number of hydrogen-bond donors (Lipinski definition) is 0. The van der Waals surface area contributed by atoms with Crippen LogP contribution in [0, 0.1) is 0 Å². The number of carbonyl (C=O) groups is 1. The van der Waals surface area contributed by atoms with Crippen LogP contribution in [0.25, 0.3) is 0 Å². The van der Waals surface area contributed by atoms with Gasteiger partial charge in [-0.25, -0.2) is 4.79 Å². The van der Waals surface area contributed by atoms with Crippen LogP contribution in [-0.2, 0) is 9.47 Å². The van der Waals surface area contributed by atoms with E-state index in [1.165, 1.54) is 0 Å². The van der Waals surface area contributed by atoms with Gasteiger partial charge < -0.3 is 14.4 Å². The molecule has 0 atom stereocenters. The summed E-state index contributed by atoms with van der Waals surface area (Å²) < 4.78 is 9.80. The molecule has 1 aliphatic heterocycles. The molecule has 1 fully saturated rings. The lowest BCUT2D eigenvalue weighted by atomic mass is 10.4. The third kappa shape index (κ3) is 2.87. The van der Waals surface area contributed by atoms with Crippen LogP contribution in [0.3, 0.4) is 0 Å². The van der Waals surface area contributed by atoms with Gasteiger partial charge in [-0.15, -0.1) is 0 Å². The molecule has 0 bridgehead atoms. The highest BCUT2D eigenvalue weighted by molar-refractivity contribution is 6.17. The zero-order valence-electron chi connectivity index (χ0n) is 6.79. The second kappa shape index (κ2) is 5.22. The number of rotatable bonds is 1. The predicted molar refractivity (Wildman–Crippen MR) is 44.2 cm³/mol. The fourth-order valence-electron chi connectivity index (χ4n) is 1.07. The minimum Gasteiger partial charge on any atom is -0.433 e. The first kappa shape index (κ1) is 9.61. The topological polar surface area (TPSA) is 38.8 Å². The molecule has 0 aromatic heterocycles. The first-order valence-corrected chi connectivity index (χ1v) is 4.43.